The third kappa shape index (κ3) is 3.90. The topological polar surface area (TPSA) is 83.1 Å². The van der Waals surface area contributed by atoms with Crippen molar-refractivity contribution in [1.82, 2.24) is 18.5 Å². The van der Waals surface area contributed by atoms with Crippen molar-refractivity contribution >= 4 is 16.1 Å². The van der Waals surface area contributed by atoms with E-state index in [4.69, 9.17) is 4.74 Å². The number of fused-ring (bicyclic) bond motifs is 1. The van der Waals surface area contributed by atoms with Gasteiger partial charge in [0, 0.05) is 40.4 Å². The Morgan fingerprint density at radius 3 is 2.77 bits per heavy atom. The minimum atomic E-state index is -3.45. The van der Waals surface area contributed by atoms with Gasteiger partial charge in [-0.25, -0.2) is 0 Å². The number of hydrogen-bond acceptors (Lipinski definition) is 5. The van der Waals surface area contributed by atoms with Crippen LogP contribution in [0.2, 0.25) is 0 Å². The zero-order valence-corrected chi connectivity index (χ0v) is 16.2. The zero-order chi connectivity index (χ0) is 18.9. The second kappa shape index (κ2) is 7.59. The number of nitrogens with zero attached hydrogens (tertiary/aromatic N) is 4. The third-order valence-electron chi connectivity index (χ3n) is 5.08. The molecule has 3 heterocycles. The predicted molar refractivity (Wildman–Crippen MR) is 96.3 cm³/mol. The van der Waals surface area contributed by atoms with Crippen molar-refractivity contribution in [2.45, 2.75) is 31.6 Å². The summed E-state index contributed by atoms with van der Waals surface area (Å²) in [5.74, 6) is 0.146. The van der Waals surface area contributed by atoms with Crippen molar-refractivity contribution < 1.29 is 17.9 Å². The van der Waals surface area contributed by atoms with Gasteiger partial charge >= 0.3 is 0 Å². The Bertz CT molecular complexity index is 740. The molecule has 144 valence electrons. The highest BCUT2D eigenvalue weighted by Gasteiger charge is 2.45. The summed E-state index contributed by atoms with van der Waals surface area (Å²) in [5.41, 5.74) is 0.821. The molecule has 0 radical (unpaired) electrons. The van der Waals surface area contributed by atoms with E-state index in [0.29, 0.717) is 32.5 Å². The lowest BCUT2D eigenvalue weighted by molar-refractivity contribution is -0.142. The van der Waals surface area contributed by atoms with E-state index in [0.717, 1.165) is 5.69 Å². The van der Waals surface area contributed by atoms with E-state index in [-0.39, 0.29) is 17.9 Å². The quantitative estimate of drug-likeness (QED) is 0.733. The normalized spacial score (nSPS) is 26.7. The predicted octanol–water partition coefficient (Wildman–Crippen LogP) is 0.326. The highest BCUT2D eigenvalue weighted by Crippen LogP contribution is 2.35. The first kappa shape index (κ1) is 19.2. The van der Waals surface area contributed by atoms with Gasteiger partial charge in [0.2, 0.25) is 0 Å². The van der Waals surface area contributed by atoms with Crippen molar-refractivity contribution in [1.29, 1.82) is 0 Å². The number of piperidine rings is 1. The standard InChI is InChI=1S/C17H26N4O4S/c1-19(2)26(23,24)21-9-7-13-10-15(25-16(13)12-21)17(22)20(3)11-14-6-4-5-8-18-14/h4-6,8,13,15-16H,7,9-12H2,1-3H3/t13-,15+,16-/m0/s1. The molecular formula is C17H26N4O4S. The summed E-state index contributed by atoms with van der Waals surface area (Å²) in [6.45, 7) is 1.20. The van der Waals surface area contributed by atoms with Crippen LogP contribution >= 0.6 is 0 Å². The highest BCUT2D eigenvalue weighted by molar-refractivity contribution is 7.86. The SMILES string of the molecule is CN(Cc1ccccn1)C(=O)[C@H]1C[C@@H]2CCN(S(=O)(=O)N(C)C)C[C@@H]2O1. The number of rotatable bonds is 5. The molecule has 9 heteroatoms. The average Bonchev–Trinajstić information content (AvgIpc) is 3.04. The van der Waals surface area contributed by atoms with E-state index in [1.807, 2.05) is 18.2 Å². The smallest absolute Gasteiger partial charge is 0.281 e. The molecule has 0 unspecified atom stereocenters. The lowest BCUT2D eigenvalue weighted by Crippen LogP contribution is -2.49. The number of hydrogen-bond donors (Lipinski definition) is 0. The van der Waals surface area contributed by atoms with Crippen molar-refractivity contribution in [3.63, 3.8) is 0 Å². The molecule has 1 amide bonds. The first-order valence-corrected chi connectivity index (χ1v) is 10.2. The first-order chi connectivity index (χ1) is 12.3. The summed E-state index contributed by atoms with van der Waals surface area (Å²) in [6, 6.07) is 5.60. The van der Waals surface area contributed by atoms with Gasteiger partial charge in [0.1, 0.15) is 6.10 Å². The molecule has 8 nitrogen and oxygen atoms in total. The molecule has 0 saturated carbocycles. The summed E-state index contributed by atoms with van der Waals surface area (Å²) in [7, 11) is 1.34. The molecule has 2 saturated heterocycles. The highest BCUT2D eigenvalue weighted by atomic mass is 32.2. The molecule has 1 aromatic rings. The Morgan fingerprint density at radius 2 is 2.12 bits per heavy atom. The molecule has 0 spiro atoms. The maximum atomic E-state index is 12.7. The maximum Gasteiger partial charge on any atom is 0.281 e. The van der Waals surface area contributed by atoms with E-state index >= 15 is 0 Å². The van der Waals surface area contributed by atoms with Gasteiger partial charge in [-0.1, -0.05) is 6.07 Å². The summed E-state index contributed by atoms with van der Waals surface area (Å²) < 4.78 is 33.2. The molecule has 2 aliphatic heterocycles. The van der Waals surface area contributed by atoms with Gasteiger partial charge in [0.05, 0.1) is 18.3 Å². The Kier molecular flexibility index (Phi) is 5.61. The summed E-state index contributed by atoms with van der Waals surface area (Å²) in [4.78, 5) is 18.6. The van der Waals surface area contributed by atoms with Crippen LogP contribution in [0.25, 0.3) is 0 Å². The maximum absolute atomic E-state index is 12.7. The van der Waals surface area contributed by atoms with Crippen LogP contribution in [-0.4, -0.2) is 79.3 Å². The molecule has 0 bridgehead atoms. The Balaban J connectivity index is 1.60. The Labute approximate surface area is 154 Å². The summed E-state index contributed by atoms with van der Waals surface area (Å²) >= 11 is 0. The van der Waals surface area contributed by atoms with Gasteiger partial charge in [-0.15, -0.1) is 0 Å². The van der Waals surface area contributed by atoms with E-state index in [1.165, 1.54) is 22.7 Å². The monoisotopic (exact) mass is 382 g/mol. The summed E-state index contributed by atoms with van der Waals surface area (Å²) in [6.07, 6.45) is 2.32. The fraction of sp³-hybridized carbons (Fsp3) is 0.647. The van der Waals surface area contributed by atoms with Gasteiger partial charge in [-0.2, -0.15) is 17.0 Å². The van der Waals surface area contributed by atoms with Gasteiger partial charge in [-0.05, 0) is 30.9 Å². The minimum Gasteiger partial charge on any atom is -0.363 e. The lowest BCUT2D eigenvalue weighted by Gasteiger charge is -2.34. The van der Waals surface area contributed by atoms with Crippen LogP contribution in [0.5, 0.6) is 0 Å². The fourth-order valence-electron chi connectivity index (χ4n) is 3.56. The molecule has 2 fully saturated rings. The molecule has 0 N–H and O–H groups in total. The molecule has 3 atom stereocenters. The number of ether oxygens (including phenoxy) is 1. The minimum absolute atomic E-state index is 0.0768. The molecule has 2 aliphatic rings. The van der Waals surface area contributed by atoms with E-state index < -0.39 is 16.3 Å². The Morgan fingerprint density at radius 1 is 1.35 bits per heavy atom. The molecule has 3 rings (SSSR count). The van der Waals surface area contributed by atoms with Gasteiger partial charge < -0.3 is 9.64 Å². The van der Waals surface area contributed by atoms with Crippen molar-refractivity contribution in [3.05, 3.63) is 30.1 Å². The average molecular weight is 382 g/mol. The fourth-order valence-corrected chi connectivity index (χ4v) is 4.69. The van der Waals surface area contributed by atoms with Crippen LogP contribution in [0.4, 0.5) is 0 Å². The van der Waals surface area contributed by atoms with Crippen LogP contribution in [0.3, 0.4) is 0 Å². The number of carbonyl (C=O) groups is 1. The second-order valence-corrected chi connectivity index (χ2v) is 9.25. The van der Waals surface area contributed by atoms with Crippen LogP contribution in [0.1, 0.15) is 18.5 Å². The van der Waals surface area contributed by atoms with E-state index in [1.54, 1.807) is 18.1 Å². The number of carbonyl (C=O) groups excluding carboxylic acids is 1. The van der Waals surface area contributed by atoms with Crippen molar-refractivity contribution in [3.8, 4) is 0 Å². The molecule has 1 aromatic heterocycles. The van der Waals surface area contributed by atoms with Crippen molar-refractivity contribution in [2.75, 3.05) is 34.2 Å². The molecule has 0 aromatic carbocycles. The lowest BCUT2D eigenvalue weighted by atomic mass is 9.92. The van der Waals surface area contributed by atoms with Crippen LogP contribution in [0.15, 0.2) is 24.4 Å². The van der Waals surface area contributed by atoms with Gasteiger partial charge in [-0.3, -0.25) is 9.78 Å². The number of amides is 1. The zero-order valence-electron chi connectivity index (χ0n) is 15.4. The molecule has 26 heavy (non-hydrogen) atoms. The second-order valence-electron chi connectivity index (χ2n) is 7.11. The number of likely N-dealkylation sites (N-methyl/N-ethyl adjacent to an activating group) is 1. The van der Waals surface area contributed by atoms with Gasteiger partial charge in [0.15, 0.2) is 0 Å². The first-order valence-electron chi connectivity index (χ1n) is 8.77. The summed E-state index contributed by atoms with van der Waals surface area (Å²) in [5, 5.41) is 0. The van der Waals surface area contributed by atoms with Crippen LogP contribution in [0, 0.1) is 5.92 Å². The van der Waals surface area contributed by atoms with Crippen LogP contribution in [-0.2, 0) is 26.3 Å². The Hall–Kier alpha value is -1.55. The molecular weight excluding hydrogens is 356 g/mol. The molecule has 0 aliphatic carbocycles. The largest absolute Gasteiger partial charge is 0.363 e. The number of pyridine rings is 1. The van der Waals surface area contributed by atoms with Crippen molar-refractivity contribution in [2.24, 2.45) is 5.92 Å². The van der Waals surface area contributed by atoms with Gasteiger partial charge in [0.25, 0.3) is 16.1 Å². The van der Waals surface area contributed by atoms with E-state index in [2.05, 4.69) is 4.98 Å². The van der Waals surface area contributed by atoms with E-state index in [9.17, 15) is 13.2 Å². The third-order valence-corrected chi connectivity index (χ3v) is 6.99. The van der Waals surface area contributed by atoms with Crippen LogP contribution < -0.4 is 0 Å². The number of aromatic nitrogens is 1.